The van der Waals surface area contributed by atoms with Crippen LogP contribution in [0.2, 0.25) is 0 Å². The van der Waals surface area contributed by atoms with Gasteiger partial charge in [-0.3, -0.25) is 14.4 Å². The molecule has 2 amide bonds. The molecule has 0 aliphatic carbocycles. The van der Waals surface area contributed by atoms with Crippen molar-refractivity contribution in [3.63, 3.8) is 0 Å². The molecule has 0 aromatic rings. The Bertz CT molecular complexity index is 693. The number of hydrogen-bond acceptors (Lipinski definition) is 6. The van der Waals surface area contributed by atoms with E-state index in [0.29, 0.717) is 6.42 Å². The first-order valence-electron chi connectivity index (χ1n) is 10.0. The van der Waals surface area contributed by atoms with E-state index < -0.39 is 39.0 Å². The fourth-order valence-corrected chi connectivity index (χ4v) is 7.58. The molecule has 3 fully saturated rings. The summed E-state index contributed by atoms with van der Waals surface area (Å²) >= 11 is 1.61. The monoisotopic (exact) mass is 412 g/mol. The van der Waals surface area contributed by atoms with E-state index in [0.717, 1.165) is 6.42 Å². The lowest BCUT2D eigenvalue weighted by Crippen LogP contribution is -2.58. The van der Waals surface area contributed by atoms with Gasteiger partial charge in [0.05, 0.1) is 35.8 Å². The van der Waals surface area contributed by atoms with Crippen LogP contribution in [0.4, 0.5) is 0 Å². The summed E-state index contributed by atoms with van der Waals surface area (Å²) in [5.41, 5.74) is -0.450. The fraction of sp³-hybridized carbons (Fsp3) is 0.850. The summed E-state index contributed by atoms with van der Waals surface area (Å²) in [6, 6.07) is -1.21. The van der Waals surface area contributed by atoms with Crippen molar-refractivity contribution in [1.82, 2.24) is 10.2 Å². The number of amides is 2. The van der Waals surface area contributed by atoms with Gasteiger partial charge in [0.15, 0.2) is 0 Å². The molecule has 158 valence electrons. The van der Waals surface area contributed by atoms with Crippen LogP contribution in [0.5, 0.6) is 0 Å². The number of ether oxygens (including phenoxy) is 1. The van der Waals surface area contributed by atoms with Crippen LogP contribution >= 0.6 is 11.8 Å². The molecule has 0 saturated carbocycles. The van der Waals surface area contributed by atoms with E-state index in [1.54, 1.807) is 25.6 Å². The Balaban J connectivity index is 2.08. The van der Waals surface area contributed by atoms with E-state index >= 15 is 0 Å². The van der Waals surface area contributed by atoms with Gasteiger partial charge in [0.2, 0.25) is 11.8 Å². The molecule has 2 bridgehead atoms. The van der Waals surface area contributed by atoms with Crippen LogP contribution in [0, 0.1) is 11.8 Å². The van der Waals surface area contributed by atoms with Gasteiger partial charge in [0.1, 0.15) is 6.04 Å². The fourth-order valence-electron chi connectivity index (χ4n) is 5.25. The van der Waals surface area contributed by atoms with Gasteiger partial charge in [0.25, 0.3) is 0 Å². The third-order valence-corrected chi connectivity index (χ3v) is 8.23. The lowest BCUT2D eigenvalue weighted by atomic mass is 9.66. The zero-order valence-electron chi connectivity index (χ0n) is 17.6. The van der Waals surface area contributed by atoms with Crippen molar-refractivity contribution >= 4 is 29.5 Å². The van der Waals surface area contributed by atoms with Crippen LogP contribution in [-0.4, -0.2) is 68.1 Å². The maximum Gasteiger partial charge on any atom is 0.311 e. The molecule has 1 spiro atoms. The van der Waals surface area contributed by atoms with Gasteiger partial charge < -0.3 is 20.1 Å². The van der Waals surface area contributed by atoms with Gasteiger partial charge >= 0.3 is 5.97 Å². The predicted octanol–water partition coefficient (Wildman–Crippen LogP) is 1.33. The number of aliphatic hydroxyl groups excluding tert-OH is 1. The van der Waals surface area contributed by atoms with E-state index in [9.17, 15) is 19.5 Å². The standard InChI is InChI=1S/C20H32N2O5S/c1-7-27-17(26)13-12-16(25)22(11(2)10-23)14(15(24)21-18(3,4)5)20(12)9-8-19(13,6)28-20/h11-14,23H,7-10H2,1-6H3,(H,21,24)/t11-,12+,13+,14?,19-,20?/m1/s1. The summed E-state index contributed by atoms with van der Waals surface area (Å²) in [5.74, 6) is -1.96. The average Bonchev–Trinajstić information content (AvgIpc) is 3.13. The molecule has 0 aromatic carbocycles. The Hall–Kier alpha value is -1.28. The zero-order valence-corrected chi connectivity index (χ0v) is 18.4. The zero-order chi connectivity index (χ0) is 21.1. The molecule has 3 saturated heterocycles. The first-order valence-corrected chi connectivity index (χ1v) is 10.9. The van der Waals surface area contributed by atoms with Crippen molar-refractivity contribution in [2.75, 3.05) is 13.2 Å². The van der Waals surface area contributed by atoms with Crippen LogP contribution in [0.3, 0.4) is 0 Å². The van der Waals surface area contributed by atoms with E-state index in [-0.39, 0.29) is 31.0 Å². The Kier molecular flexibility index (Phi) is 5.28. The summed E-state index contributed by atoms with van der Waals surface area (Å²) in [6.45, 7) is 11.2. The molecule has 7 nitrogen and oxygen atoms in total. The van der Waals surface area contributed by atoms with Crippen LogP contribution in [0.15, 0.2) is 0 Å². The number of esters is 1. The number of carbonyl (C=O) groups is 3. The highest BCUT2D eigenvalue weighted by Gasteiger charge is 2.77. The second-order valence-corrected chi connectivity index (χ2v) is 11.4. The van der Waals surface area contributed by atoms with Gasteiger partial charge in [-0.1, -0.05) is 0 Å². The van der Waals surface area contributed by atoms with E-state index in [1.807, 2.05) is 27.7 Å². The first-order chi connectivity index (χ1) is 12.9. The summed E-state index contributed by atoms with van der Waals surface area (Å²) in [6.07, 6.45) is 1.45. The molecule has 2 unspecified atom stereocenters. The van der Waals surface area contributed by atoms with Crippen molar-refractivity contribution in [1.29, 1.82) is 0 Å². The molecule has 3 rings (SSSR count). The first kappa shape index (κ1) is 21.4. The van der Waals surface area contributed by atoms with Crippen LogP contribution < -0.4 is 5.32 Å². The SMILES string of the molecule is CCOC(=O)[C@@H]1[C@H]2C(=O)N([C@H](C)CO)C(C(=O)NC(C)(C)C)C23CC[C@@]1(C)S3. The third-order valence-electron chi connectivity index (χ3n) is 6.24. The summed E-state index contributed by atoms with van der Waals surface area (Å²) < 4.78 is 4.24. The second kappa shape index (κ2) is 6.90. The highest BCUT2D eigenvalue weighted by atomic mass is 32.2. The number of thioether (sulfide) groups is 1. The van der Waals surface area contributed by atoms with E-state index in [1.165, 1.54) is 4.90 Å². The third kappa shape index (κ3) is 3.03. The molecule has 0 aromatic heterocycles. The number of fused-ring (bicyclic) bond motifs is 1. The number of nitrogens with one attached hydrogen (secondary N) is 1. The maximum absolute atomic E-state index is 13.5. The number of hydrogen-bond donors (Lipinski definition) is 2. The number of aliphatic hydroxyl groups is 1. The van der Waals surface area contributed by atoms with Gasteiger partial charge in [0, 0.05) is 10.3 Å². The lowest BCUT2D eigenvalue weighted by molar-refractivity contribution is -0.155. The molecule has 3 heterocycles. The maximum atomic E-state index is 13.5. The largest absolute Gasteiger partial charge is 0.466 e. The molecular weight excluding hydrogens is 380 g/mol. The van der Waals surface area contributed by atoms with Crippen LogP contribution in [0.25, 0.3) is 0 Å². The quantitative estimate of drug-likeness (QED) is 0.662. The van der Waals surface area contributed by atoms with E-state index in [4.69, 9.17) is 4.74 Å². The van der Waals surface area contributed by atoms with Crippen molar-refractivity contribution in [3.05, 3.63) is 0 Å². The molecule has 8 heteroatoms. The van der Waals surface area contributed by atoms with Gasteiger partial charge in [-0.15, -0.1) is 11.8 Å². The van der Waals surface area contributed by atoms with E-state index in [2.05, 4.69) is 5.32 Å². The minimum Gasteiger partial charge on any atom is -0.466 e. The Morgan fingerprint density at radius 2 is 2.04 bits per heavy atom. The van der Waals surface area contributed by atoms with Crippen LogP contribution in [-0.2, 0) is 19.1 Å². The highest BCUT2D eigenvalue weighted by Crippen LogP contribution is 2.71. The summed E-state index contributed by atoms with van der Waals surface area (Å²) in [4.78, 5) is 41.2. The number of nitrogens with zero attached hydrogens (tertiary/aromatic N) is 1. The molecule has 3 aliphatic rings. The second-order valence-electron chi connectivity index (χ2n) is 9.50. The predicted molar refractivity (Wildman–Crippen MR) is 107 cm³/mol. The number of carbonyl (C=O) groups excluding carboxylic acids is 3. The normalized spacial score (nSPS) is 37.8. The molecule has 0 radical (unpaired) electrons. The molecular formula is C20H32N2O5S. The molecule has 6 atom stereocenters. The van der Waals surface area contributed by atoms with Crippen molar-refractivity contribution in [2.24, 2.45) is 11.8 Å². The highest BCUT2D eigenvalue weighted by molar-refractivity contribution is 8.02. The lowest BCUT2D eigenvalue weighted by Gasteiger charge is -2.37. The van der Waals surface area contributed by atoms with Crippen LogP contribution in [0.1, 0.15) is 54.4 Å². The minimum absolute atomic E-state index is 0.218. The number of rotatable bonds is 5. The number of likely N-dealkylation sites (tertiary alicyclic amines) is 1. The average molecular weight is 413 g/mol. The molecule has 3 aliphatic heterocycles. The Morgan fingerprint density at radius 3 is 2.57 bits per heavy atom. The Labute approximate surface area is 170 Å². The van der Waals surface area contributed by atoms with Gasteiger partial charge in [-0.25, -0.2) is 0 Å². The summed E-state index contributed by atoms with van der Waals surface area (Å²) in [7, 11) is 0. The molecule has 2 N–H and O–H groups in total. The Morgan fingerprint density at radius 1 is 1.39 bits per heavy atom. The topological polar surface area (TPSA) is 95.9 Å². The minimum atomic E-state index is -0.711. The summed E-state index contributed by atoms with van der Waals surface area (Å²) in [5, 5.41) is 12.8. The van der Waals surface area contributed by atoms with Crippen molar-refractivity contribution in [2.45, 2.75) is 81.5 Å². The van der Waals surface area contributed by atoms with Crippen molar-refractivity contribution in [3.8, 4) is 0 Å². The molecule has 28 heavy (non-hydrogen) atoms. The van der Waals surface area contributed by atoms with Gasteiger partial charge in [-0.05, 0) is 54.4 Å². The smallest absolute Gasteiger partial charge is 0.311 e. The van der Waals surface area contributed by atoms with Crippen molar-refractivity contribution < 1.29 is 24.2 Å². The van der Waals surface area contributed by atoms with Gasteiger partial charge in [-0.2, -0.15) is 0 Å².